The van der Waals surface area contributed by atoms with Gasteiger partial charge in [-0.15, -0.1) is 12.6 Å². The highest BCUT2D eigenvalue weighted by Crippen LogP contribution is 2.20. The van der Waals surface area contributed by atoms with Gasteiger partial charge in [0.2, 0.25) is 0 Å². The maximum absolute atomic E-state index is 5.31. The third kappa shape index (κ3) is 6.11. The predicted molar refractivity (Wildman–Crippen MR) is 108 cm³/mol. The van der Waals surface area contributed by atoms with Gasteiger partial charge in [0, 0.05) is 23.7 Å². The standard InChI is InChI=1S/C13H12S.C8H12N2/c1-10-2-4-11(5-3-10)12-6-8-13(14)9-7-12;9-6-7-10-8-4-2-1-3-5-8/h2-9,14H,1H3;1-5,10H,6-7,9H2. The first-order chi connectivity index (χ1) is 11.7. The van der Waals surface area contributed by atoms with Crippen molar-refractivity contribution in [3.8, 4) is 11.1 Å². The number of benzene rings is 3. The largest absolute Gasteiger partial charge is 0.384 e. The fourth-order valence-electron chi connectivity index (χ4n) is 2.17. The van der Waals surface area contributed by atoms with Crippen LogP contribution < -0.4 is 11.1 Å². The lowest BCUT2D eigenvalue weighted by molar-refractivity contribution is 1.02. The van der Waals surface area contributed by atoms with Crippen LogP contribution in [0.3, 0.4) is 0 Å². The van der Waals surface area contributed by atoms with Crippen molar-refractivity contribution in [3.05, 3.63) is 84.4 Å². The van der Waals surface area contributed by atoms with Crippen molar-refractivity contribution in [1.82, 2.24) is 0 Å². The van der Waals surface area contributed by atoms with Crippen LogP contribution in [0.25, 0.3) is 11.1 Å². The molecular weight excluding hydrogens is 312 g/mol. The van der Waals surface area contributed by atoms with Gasteiger partial charge >= 0.3 is 0 Å². The summed E-state index contributed by atoms with van der Waals surface area (Å²) in [4.78, 5) is 1.00. The average Bonchev–Trinajstić information content (AvgIpc) is 2.63. The van der Waals surface area contributed by atoms with E-state index in [0.717, 1.165) is 17.1 Å². The van der Waals surface area contributed by atoms with Gasteiger partial charge in [0.1, 0.15) is 0 Å². The second-order valence-electron chi connectivity index (χ2n) is 5.49. The van der Waals surface area contributed by atoms with E-state index in [4.69, 9.17) is 5.73 Å². The summed E-state index contributed by atoms with van der Waals surface area (Å²) in [5.41, 5.74) is 10.2. The molecule has 3 aromatic carbocycles. The van der Waals surface area contributed by atoms with Gasteiger partial charge < -0.3 is 11.1 Å². The highest BCUT2D eigenvalue weighted by atomic mass is 32.1. The van der Waals surface area contributed by atoms with Crippen molar-refractivity contribution in [2.45, 2.75) is 11.8 Å². The Morgan fingerprint density at radius 2 is 1.33 bits per heavy atom. The maximum Gasteiger partial charge on any atom is 0.0340 e. The van der Waals surface area contributed by atoms with E-state index in [0.29, 0.717) is 6.54 Å². The van der Waals surface area contributed by atoms with Crippen molar-refractivity contribution in [2.75, 3.05) is 18.4 Å². The number of nitrogens with two attached hydrogens (primary N) is 1. The molecule has 0 atom stereocenters. The monoisotopic (exact) mass is 336 g/mol. The smallest absolute Gasteiger partial charge is 0.0340 e. The second-order valence-corrected chi connectivity index (χ2v) is 6.01. The Hall–Kier alpha value is -2.23. The van der Waals surface area contributed by atoms with Crippen LogP contribution in [-0.2, 0) is 0 Å². The first-order valence-corrected chi connectivity index (χ1v) is 8.49. The molecule has 0 unspecified atom stereocenters. The summed E-state index contributed by atoms with van der Waals surface area (Å²) in [5.74, 6) is 0. The molecule has 3 heteroatoms. The van der Waals surface area contributed by atoms with E-state index in [9.17, 15) is 0 Å². The van der Waals surface area contributed by atoms with Crippen LogP contribution in [0, 0.1) is 6.92 Å². The molecule has 0 bridgehead atoms. The highest BCUT2D eigenvalue weighted by molar-refractivity contribution is 7.80. The molecule has 2 nitrogen and oxygen atoms in total. The molecule has 3 aromatic rings. The van der Waals surface area contributed by atoms with Crippen LogP contribution in [0.15, 0.2) is 83.8 Å². The quantitative estimate of drug-likeness (QED) is 0.586. The van der Waals surface area contributed by atoms with Crippen molar-refractivity contribution in [1.29, 1.82) is 0 Å². The Labute approximate surface area is 150 Å². The number of hydrogen-bond acceptors (Lipinski definition) is 3. The lowest BCUT2D eigenvalue weighted by Gasteiger charge is -2.02. The number of rotatable bonds is 4. The molecule has 0 aliphatic rings. The summed E-state index contributed by atoms with van der Waals surface area (Å²) in [7, 11) is 0. The summed E-state index contributed by atoms with van der Waals surface area (Å²) in [5, 5.41) is 3.17. The van der Waals surface area contributed by atoms with Crippen LogP contribution in [-0.4, -0.2) is 13.1 Å². The number of anilines is 1. The van der Waals surface area contributed by atoms with E-state index in [2.05, 4.69) is 61.3 Å². The van der Waals surface area contributed by atoms with Gasteiger partial charge in [0.15, 0.2) is 0 Å². The topological polar surface area (TPSA) is 38.0 Å². The molecule has 0 aliphatic carbocycles. The Bertz CT molecular complexity index is 664. The first kappa shape index (κ1) is 18.1. The number of para-hydroxylation sites is 1. The number of hydrogen-bond donors (Lipinski definition) is 3. The molecule has 0 radical (unpaired) electrons. The average molecular weight is 337 g/mol. The molecule has 0 amide bonds. The molecule has 0 aliphatic heterocycles. The fraction of sp³-hybridized carbons (Fsp3) is 0.143. The van der Waals surface area contributed by atoms with Crippen molar-refractivity contribution in [2.24, 2.45) is 5.73 Å². The SMILES string of the molecule is Cc1ccc(-c2ccc(S)cc2)cc1.NCCNc1ccccc1. The third-order valence-corrected chi connectivity index (χ3v) is 3.80. The summed E-state index contributed by atoms with van der Waals surface area (Å²) < 4.78 is 0. The molecule has 0 aromatic heterocycles. The lowest BCUT2D eigenvalue weighted by Crippen LogP contribution is -2.12. The normalized spacial score (nSPS) is 9.79. The van der Waals surface area contributed by atoms with E-state index < -0.39 is 0 Å². The van der Waals surface area contributed by atoms with Gasteiger partial charge in [-0.1, -0.05) is 60.2 Å². The van der Waals surface area contributed by atoms with Crippen LogP contribution in [0.4, 0.5) is 5.69 Å². The van der Waals surface area contributed by atoms with Gasteiger partial charge in [0.05, 0.1) is 0 Å². The minimum Gasteiger partial charge on any atom is -0.384 e. The predicted octanol–water partition coefficient (Wildman–Crippen LogP) is 5.01. The molecule has 3 rings (SSSR count). The minimum atomic E-state index is 0.675. The third-order valence-electron chi connectivity index (χ3n) is 3.50. The zero-order valence-electron chi connectivity index (χ0n) is 13.9. The van der Waals surface area contributed by atoms with Crippen LogP contribution in [0.1, 0.15) is 5.56 Å². The lowest BCUT2D eigenvalue weighted by atomic mass is 10.0. The maximum atomic E-state index is 5.31. The zero-order valence-corrected chi connectivity index (χ0v) is 14.8. The van der Waals surface area contributed by atoms with Crippen molar-refractivity contribution < 1.29 is 0 Å². The summed E-state index contributed by atoms with van der Waals surface area (Å²) in [6.07, 6.45) is 0. The van der Waals surface area contributed by atoms with Gasteiger partial charge in [-0.2, -0.15) is 0 Å². The highest BCUT2D eigenvalue weighted by Gasteiger charge is 1.95. The first-order valence-electron chi connectivity index (χ1n) is 8.04. The van der Waals surface area contributed by atoms with Gasteiger partial charge in [-0.05, 0) is 42.3 Å². The fourth-order valence-corrected chi connectivity index (χ4v) is 2.32. The Morgan fingerprint density at radius 3 is 1.88 bits per heavy atom. The van der Waals surface area contributed by atoms with E-state index in [1.165, 1.54) is 16.7 Å². The van der Waals surface area contributed by atoms with Crippen molar-refractivity contribution >= 4 is 18.3 Å². The van der Waals surface area contributed by atoms with Gasteiger partial charge in [-0.3, -0.25) is 0 Å². The van der Waals surface area contributed by atoms with Crippen molar-refractivity contribution in [3.63, 3.8) is 0 Å². The molecule has 0 fully saturated rings. The zero-order chi connectivity index (χ0) is 17.2. The Kier molecular flexibility index (Phi) is 7.40. The molecule has 0 spiro atoms. The minimum absolute atomic E-state index is 0.675. The van der Waals surface area contributed by atoms with Crippen LogP contribution >= 0.6 is 12.6 Å². The van der Waals surface area contributed by atoms with E-state index in [1.807, 2.05) is 42.5 Å². The summed E-state index contributed by atoms with van der Waals surface area (Å²) in [6, 6.07) is 26.8. The molecule has 3 N–H and O–H groups in total. The number of aryl methyl sites for hydroxylation is 1. The Balaban J connectivity index is 0.000000185. The van der Waals surface area contributed by atoms with Gasteiger partial charge in [0.25, 0.3) is 0 Å². The molecule has 0 saturated heterocycles. The summed E-state index contributed by atoms with van der Waals surface area (Å²) in [6.45, 7) is 3.61. The number of nitrogens with one attached hydrogen (secondary N) is 1. The molecule has 124 valence electrons. The molecule has 24 heavy (non-hydrogen) atoms. The molecule has 0 heterocycles. The van der Waals surface area contributed by atoms with E-state index in [1.54, 1.807) is 0 Å². The van der Waals surface area contributed by atoms with E-state index in [-0.39, 0.29) is 0 Å². The second kappa shape index (κ2) is 9.81. The van der Waals surface area contributed by atoms with Gasteiger partial charge in [-0.25, -0.2) is 0 Å². The van der Waals surface area contributed by atoms with Crippen LogP contribution in [0.2, 0.25) is 0 Å². The van der Waals surface area contributed by atoms with Crippen LogP contribution in [0.5, 0.6) is 0 Å². The molecule has 0 saturated carbocycles. The number of thiol groups is 1. The molecular formula is C21H24N2S. The van der Waals surface area contributed by atoms with E-state index >= 15 is 0 Å². The Morgan fingerprint density at radius 1 is 0.792 bits per heavy atom. The summed E-state index contributed by atoms with van der Waals surface area (Å²) >= 11 is 4.26.